The zero-order valence-electron chi connectivity index (χ0n) is 13.2. The molecule has 0 aromatic heterocycles. The summed E-state index contributed by atoms with van der Waals surface area (Å²) in [4.78, 5) is 16.1. The molecule has 3 rings (SSSR count). The number of hydrogen-bond acceptors (Lipinski definition) is 5. The van der Waals surface area contributed by atoms with Crippen LogP contribution in [-0.4, -0.2) is 21.3 Å². The van der Waals surface area contributed by atoms with E-state index < -0.39 is 17.6 Å². The molecule has 0 aliphatic carbocycles. The van der Waals surface area contributed by atoms with Gasteiger partial charge in [-0.05, 0) is 53.7 Å². The van der Waals surface area contributed by atoms with Crippen LogP contribution >= 0.6 is 23.4 Å². The molecule has 1 saturated heterocycles. The van der Waals surface area contributed by atoms with Crippen molar-refractivity contribution in [3.63, 3.8) is 0 Å². The van der Waals surface area contributed by atoms with Gasteiger partial charge in [-0.2, -0.15) is 13.2 Å². The molecule has 1 aliphatic rings. The van der Waals surface area contributed by atoms with Gasteiger partial charge in [0.25, 0.3) is 5.91 Å². The van der Waals surface area contributed by atoms with Crippen molar-refractivity contribution in [1.29, 1.82) is 0 Å². The van der Waals surface area contributed by atoms with Gasteiger partial charge in [0.2, 0.25) is 0 Å². The van der Waals surface area contributed by atoms with Crippen molar-refractivity contribution in [1.82, 2.24) is 5.32 Å². The van der Waals surface area contributed by atoms with Crippen molar-refractivity contribution in [2.24, 2.45) is 4.99 Å². The predicted molar refractivity (Wildman–Crippen MR) is 97.0 cm³/mol. The van der Waals surface area contributed by atoms with E-state index in [4.69, 9.17) is 11.6 Å². The number of halogens is 4. The third kappa shape index (κ3) is 4.37. The summed E-state index contributed by atoms with van der Waals surface area (Å²) in [5.74, 6) is -1.23. The lowest BCUT2D eigenvalue weighted by Crippen LogP contribution is -2.19. The molecule has 0 atom stereocenters. The number of nitrogens with zero attached hydrogens (tertiary/aromatic N) is 1. The van der Waals surface area contributed by atoms with Gasteiger partial charge in [-0.3, -0.25) is 4.79 Å². The van der Waals surface area contributed by atoms with E-state index in [1.165, 1.54) is 30.3 Å². The van der Waals surface area contributed by atoms with Gasteiger partial charge in [0, 0.05) is 5.02 Å². The highest BCUT2D eigenvalue weighted by molar-refractivity contribution is 8.18. The zero-order valence-corrected chi connectivity index (χ0v) is 14.8. The quantitative estimate of drug-likeness (QED) is 0.493. The number of alkyl halides is 3. The Hall–Kier alpha value is -2.65. The van der Waals surface area contributed by atoms with Crippen LogP contribution in [0, 0.1) is 0 Å². The fourth-order valence-corrected chi connectivity index (χ4v) is 3.21. The molecule has 0 saturated carbocycles. The molecule has 2 aromatic rings. The third-order valence-electron chi connectivity index (χ3n) is 3.43. The van der Waals surface area contributed by atoms with Crippen LogP contribution in [-0.2, 0) is 11.0 Å². The monoisotopic (exact) mass is 414 g/mol. The fraction of sp³-hybridized carbons (Fsp3) is 0.0588. The Morgan fingerprint density at radius 1 is 1.11 bits per heavy atom. The van der Waals surface area contributed by atoms with E-state index >= 15 is 0 Å². The summed E-state index contributed by atoms with van der Waals surface area (Å²) in [6.07, 6.45) is -3.24. The van der Waals surface area contributed by atoms with Gasteiger partial charge in [0.15, 0.2) is 16.7 Å². The zero-order chi connectivity index (χ0) is 19.8. The number of nitrogens with one attached hydrogen (secondary N) is 1. The van der Waals surface area contributed by atoms with E-state index in [2.05, 4.69) is 10.3 Å². The Kier molecular flexibility index (Phi) is 5.07. The van der Waals surface area contributed by atoms with E-state index in [0.29, 0.717) is 5.56 Å². The minimum Gasteiger partial charge on any atom is -0.504 e. The third-order valence-corrected chi connectivity index (χ3v) is 4.58. The second-order valence-electron chi connectivity index (χ2n) is 5.39. The molecule has 1 heterocycles. The van der Waals surface area contributed by atoms with Gasteiger partial charge in [0.1, 0.15) is 0 Å². The first-order valence-electron chi connectivity index (χ1n) is 7.32. The first-order valence-corrected chi connectivity index (χ1v) is 8.51. The van der Waals surface area contributed by atoms with Gasteiger partial charge in [-0.15, -0.1) is 0 Å². The van der Waals surface area contributed by atoms with Crippen LogP contribution in [0.15, 0.2) is 46.3 Å². The molecule has 0 radical (unpaired) electrons. The Balaban J connectivity index is 1.92. The minimum atomic E-state index is -4.65. The van der Waals surface area contributed by atoms with E-state index in [0.717, 1.165) is 23.9 Å². The molecule has 5 nitrogen and oxygen atoms in total. The topological polar surface area (TPSA) is 81.9 Å². The van der Waals surface area contributed by atoms with E-state index in [1.54, 1.807) is 0 Å². The van der Waals surface area contributed by atoms with Gasteiger partial charge in [0.05, 0.1) is 16.2 Å². The molecule has 1 fully saturated rings. The smallest absolute Gasteiger partial charge is 0.418 e. The molecule has 0 unspecified atom stereocenters. The van der Waals surface area contributed by atoms with Crippen molar-refractivity contribution in [2.75, 3.05) is 0 Å². The van der Waals surface area contributed by atoms with Crippen molar-refractivity contribution >= 4 is 46.2 Å². The van der Waals surface area contributed by atoms with Crippen molar-refractivity contribution < 1.29 is 28.2 Å². The molecular weight excluding hydrogens is 405 g/mol. The number of amides is 1. The predicted octanol–water partition coefficient (Wildman–Crippen LogP) is 4.66. The number of phenolic OH excluding ortho intramolecular Hbond substituents is 2. The van der Waals surface area contributed by atoms with Crippen LogP contribution < -0.4 is 5.32 Å². The molecular formula is C17H10ClF3N2O3S. The highest BCUT2D eigenvalue weighted by Crippen LogP contribution is 2.39. The molecule has 0 spiro atoms. The van der Waals surface area contributed by atoms with Gasteiger partial charge >= 0.3 is 6.18 Å². The lowest BCUT2D eigenvalue weighted by molar-refractivity contribution is -0.137. The minimum absolute atomic E-state index is 0.0259. The highest BCUT2D eigenvalue weighted by atomic mass is 35.5. The number of phenols is 2. The van der Waals surface area contributed by atoms with Crippen molar-refractivity contribution in [3.8, 4) is 11.5 Å². The van der Waals surface area contributed by atoms with Crippen molar-refractivity contribution in [3.05, 3.63) is 57.5 Å². The number of rotatable bonds is 2. The Labute approximate surface area is 160 Å². The summed E-state index contributed by atoms with van der Waals surface area (Å²) in [5, 5.41) is 21.1. The SMILES string of the molecule is O=C1NC(=Nc2ccc(Cl)cc2C(F)(F)F)SC1=Cc1ccc(O)c(O)c1. The first-order chi connectivity index (χ1) is 12.6. The summed E-state index contributed by atoms with van der Waals surface area (Å²) in [7, 11) is 0. The average molecular weight is 415 g/mol. The van der Waals surface area contributed by atoms with Crippen molar-refractivity contribution in [2.45, 2.75) is 6.18 Å². The number of aromatic hydroxyl groups is 2. The number of benzene rings is 2. The summed E-state index contributed by atoms with van der Waals surface area (Å²) < 4.78 is 39.4. The van der Waals surface area contributed by atoms with Crippen LogP contribution in [0.3, 0.4) is 0 Å². The molecule has 1 aliphatic heterocycles. The second-order valence-corrected chi connectivity index (χ2v) is 6.86. The normalized spacial score (nSPS) is 17.6. The first kappa shape index (κ1) is 19.1. The van der Waals surface area contributed by atoms with Crippen LogP contribution in [0.1, 0.15) is 11.1 Å². The number of amidine groups is 1. The van der Waals surface area contributed by atoms with Crippen LogP contribution in [0.4, 0.5) is 18.9 Å². The fourth-order valence-electron chi connectivity index (χ4n) is 2.20. The summed E-state index contributed by atoms with van der Waals surface area (Å²) in [6.45, 7) is 0. The number of hydrogen-bond donors (Lipinski definition) is 3. The Morgan fingerprint density at radius 2 is 1.85 bits per heavy atom. The van der Waals surface area contributed by atoms with Gasteiger partial charge in [-0.25, -0.2) is 4.99 Å². The van der Waals surface area contributed by atoms with E-state index in [1.807, 2.05) is 0 Å². The number of carbonyl (C=O) groups excluding carboxylic acids is 1. The van der Waals surface area contributed by atoms with Gasteiger partial charge in [-0.1, -0.05) is 17.7 Å². The molecule has 3 N–H and O–H groups in total. The Morgan fingerprint density at radius 3 is 2.52 bits per heavy atom. The Bertz CT molecular complexity index is 990. The number of aliphatic imine (C=N–C) groups is 1. The maximum absolute atomic E-state index is 13.1. The summed E-state index contributed by atoms with van der Waals surface area (Å²) in [6, 6.07) is 7.10. The van der Waals surface area contributed by atoms with Crippen LogP contribution in [0.25, 0.3) is 6.08 Å². The van der Waals surface area contributed by atoms with Gasteiger partial charge < -0.3 is 15.5 Å². The molecule has 27 heavy (non-hydrogen) atoms. The molecule has 0 bridgehead atoms. The molecule has 2 aromatic carbocycles. The summed E-state index contributed by atoms with van der Waals surface area (Å²) >= 11 is 6.48. The van der Waals surface area contributed by atoms with E-state index in [9.17, 15) is 28.2 Å². The maximum Gasteiger partial charge on any atom is 0.418 e. The highest BCUT2D eigenvalue weighted by Gasteiger charge is 2.34. The standard InChI is InChI=1S/C17H10ClF3N2O3S/c18-9-2-3-11(10(7-9)17(19,20)21)22-16-23-15(26)14(27-16)6-8-1-4-12(24)13(25)5-8/h1-7,24-25H,(H,22,23,26). The van der Waals surface area contributed by atoms with Crippen LogP contribution in [0.5, 0.6) is 11.5 Å². The molecule has 1 amide bonds. The largest absolute Gasteiger partial charge is 0.504 e. The molecule has 140 valence electrons. The lowest BCUT2D eigenvalue weighted by Gasteiger charge is -2.10. The van der Waals surface area contributed by atoms with Crippen LogP contribution in [0.2, 0.25) is 5.02 Å². The van der Waals surface area contributed by atoms with E-state index in [-0.39, 0.29) is 32.3 Å². The molecule has 10 heteroatoms. The number of thioether (sulfide) groups is 1. The average Bonchev–Trinajstić information content (AvgIpc) is 2.91. The maximum atomic E-state index is 13.1. The lowest BCUT2D eigenvalue weighted by atomic mass is 10.2. The second kappa shape index (κ2) is 7.16. The summed E-state index contributed by atoms with van der Waals surface area (Å²) in [5.41, 5.74) is -0.969. The number of carbonyl (C=O) groups is 1.